The number of piperazine rings is 1. The molecular weight excluding hydrogens is 530 g/mol. The van der Waals surface area contributed by atoms with Gasteiger partial charge in [-0.3, -0.25) is 9.11 Å². The van der Waals surface area contributed by atoms with Gasteiger partial charge in [0.2, 0.25) is 0 Å². The molecule has 4 heterocycles. The van der Waals surface area contributed by atoms with Gasteiger partial charge >= 0.3 is 0 Å². The Hall–Kier alpha value is -3.79. The molecule has 0 radical (unpaired) electrons. The van der Waals surface area contributed by atoms with Crippen molar-refractivity contribution in [3.63, 3.8) is 0 Å². The maximum absolute atomic E-state index is 12.4. The predicted octanol–water partition coefficient (Wildman–Crippen LogP) is 4.63. The molecule has 1 aliphatic carbocycles. The van der Waals surface area contributed by atoms with Gasteiger partial charge in [-0.05, 0) is 43.3 Å². The molecule has 41 heavy (non-hydrogen) atoms. The number of fused-ring (bicyclic) bond motifs is 2. The Balaban J connectivity index is 1.21. The average molecular weight is 566 g/mol. The van der Waals surface area contributed by atoms with Gasteiger partial charge in [-0.1, -0.05) is 48.5 Å². The lowest BCUT2D eigenvalue weighted by molar-refractivity contribution is 0.0740. The van der Waals surface area contributed by atoms with Crippen LogP contribution in [0.25, 0.3) is 38.9 Å². The van der Waals surface area contributed by atoms with E-state index in [0.29, 0.717) is 17.6 Å². The Morgan fingerprint density at radius 1 is 0.951 bits per heavy atom. The first-order chi connectivity index (χ1) is 19.8. The number of nitrogens with two attached hydrogens (primary N) is 1. The molecule has 7 rings (SSSR count). The average Bonchev–Trinajstić information content (AvgIpc) is 3.33. The van der Waals surface area contributed by atoms with Crippen LogP contribution in [-0.2, 0) is 9.71 Å². The number of aryl methyl sites for hydroxylation is 1. The lowest BCUT2D eigenvalue weighted by Gasteiger charge is -2.46. The second kappa shape index (κ2) is 9.94. The molecule has 2 aromatic carbocycles. The molecule has 2 N–H and O–H groups in total. The molecule has 0 amide bonds. The second-order valence-corrected chi connectivity index (χ2v) is 13.9. The number of imidazole rings is 1. The normalized spacial score (nSPS) is 21.6. The van der Waals surface area contributed by atoms with Gasteiger partial charge in [0, 0.05) is 70.6 Å². The summed E-state index contributed by atoms with van der Waals surface area (Å²) in [6, 6.07) is 21.1. The van der Waals surface area contributed by atoms with E-state index in [1.54, 1.807) is 12.5 Å². The van der Waals surface area contributed by atoms with Crippen molar-refractivity contribution in [2.24, 2.45) is 0 Å². The Kier molecular flexibility index (Phi) is 6.33. The molecule has 8 nitrogen and oxygen atoms in total. The van der Waals surface area contributed by atoms with E-state index in [2.05, 4.69) is 54.1 Å². The van der Waals surface area contributed by atoms with Crippen LogP contribution in [0.15, 0.2) is 66.9 Å². The molecule has 1 atom stereocenters. The van der Waals surface area contributed by atoms with E-state index >= 15 is 0 Å². The van der Waals surface area contributed by atoms with Crippen molar-refractivity contribution in [2.75, 3.05) is 38.2 Å². The summed E-state index contributed by atoms with van der Waals surface area (Å²) in [5.74, 6) is 5.13. The first-order valence-electron chi connectivity index (χ1n) is 14.2. The molecule has 2 fully saturated rings. The Labute approximate surface area is 241 Å². The molecule has 5 aromatic rings. The van der Waals surface area contributed by atoms with E-state index in [1.807, 2.05) is 33.1 Å². The zero-order chi connectivity index (χ0) is 28.3. The topological polar surface area (TPSA) is 92.7 Å². The summed E-state index contributed by atoms with van der Waals surface area (Å²) in [5, 5.41) is 5.81. The van der Waals surface area contributed by atoms with E-state index in [0.717, 1.165) is 89.3 Å². The number of hydrogen-bond donors (Lipinski definition) is 1. The van der Waals surface area contributed by atoms with Gasteiger partial charge < -0.3 is 5.73 Å². The fraction of sp³-hybridized carbons (Fsp3) is 0.312. The van der Waals surface area contributed by atoms with E-state index in [1.165, 1.54) is 0 Å². The van der Waals surface area contributed by atoms with E-state index in [-0.39, 0.29) is 0 Å². The Morgan fingerprint density at radius 3 is 2.41 bits per heavy atom. The fourth-order valence-corrected chi connectivity index (χ4v) is 7.36. The van der Waals surface area contributed by atoms with E-state index in [9.17, 15) is 4.21 Å². The summed E-state index contributed by atoms with van der Waals surface area (Å²) in [4.78, 5) is 12.8. The summed E-state index contributed by atoms with van der Waals surface area (Å²) in [6.07, 6.45) is 5.55. The Morgan fingerprint density at radius 2 is 1.68 bits per heavy atom. The van der Waals surface area contributed by atoms with Crippen LogP contribution in [0.4, 0.5) is 5.69 Å². The Bertz CT molecular complexity index is 1870. The van der Waals surface area contributed by atoms with Crippen LogP contribution in [0.2, 0.25) is 0 Å². The zero-order valence-corrected chi connectivity index (χ0v) is 24.3. The number of hydrogen-bond acceptors (Lipinski definition) is 6. The van der Waals surface area contributed by atoms with Crippen LogP contribution in [0.1, 0.15) is 30.1 Å². The van der Waals surface area contributed by atoms with Gasteiger partial charge in [-0.25, -0.2) is 18.8 Å². The quantitative estimate of drug-likeness (QED) is 0.313. The summed E-state index contributed by atoms with van der Waals surface area (Å²) in [7, 11) is -2.13. The lowest BCUT2D eigenvalue weighted by Crippen LogP contribution is -2.54. The number of pyridine rings is 1. The fourth-order valence-electron chi connectivity index (χ4n) is 6.43. The lowest BCUT2D eigenvalue weighted by atomic mass is 9.78. The molecule has 210 valence electrons. The van der Waals surface area contributed by atoms with Gasteiger partial charge in [-0.15, -0.1) is 0 Å². The van der Waals surface area contributed by atoms with Crippen LogP contribution in [-0.4, -0.2) is 77.3 Å². The molecular formula is C32H35N7OS. The van der Waals surface area contributed by atoms with Crippen molar-refractivity contribution in [2.45, 2.75) is 31.7 Å². The van der Waals surface area contributed by atoms with Crippen molar-refractivity contribution in [3.05, 3.63) is 78.2 Å². The zero-order valence-electron chi connectivity index (χ0n) is 23.5. The highest BCUT2D eigenvalue weighted by Gasteiger charge is 2.39. The van der Waals surface area contributed by atoms with Gasteiger partial charge in [0.05, 0.1) is 23.1 Å². The van der Waals surface area contributed by atoms with Gasteiger partial charge in [0.1, 0.15) is 17.0 Å². The largest absolute Gasteiger partial charge is 0.397 e. The van der Waals surface area contributed by atoms with Crippen LogP contribution in [0.5, 0.6) is 0 Å². The molecule has 0 bridgehead atoms. The molecule has 1 saturated carbocycles. The van der Waals surface area contributed by atoms with E-state index in [4.69, 9.17) is 20.8 Å². The minimum Gasteiger partial charge on any atom is -0.397 e. The highest BCUT2D eigenvalue weighted by Crippen LogP contribution is 2.42. The molecule has 9 heteroatoms. The van der Waals surface area contributed by atoms with Crippen LogP contribution in [0.3, 0.4) is 0 Å². The first kappa shape index (κ1) is 26.1. The van der Waals surface area contributed by atoms with Crippen molar-refractivity contribution >= 4 is 37.7 Å². The number of rotatable bonds is 5. The van der Waals surface area contributed by atoms with Crippen LogP contribution in [0, 0.1) is 6.92 Å². The minimum absolute atomic E-state index is 0.306. The number of benzene rings is 2. The number of aromatic nitrogens is 4. The third kappa shape index (κ3) is 4.58. The first-order valence-corrected chi connectivity index (χ1v) is 16.3. The van der Waals surface area contributed by atoms with Crippen LogP contribution < -0.4 is 5.73 Å². The highest BCUT2D eigenvalue weighted by molar-refractivity contribution is 7.97. The second-order valence-electron chi connectivity index (χ2n) is 11.5. The van der Waals surface area contributed by atoms with Gasteiger partial charge in [-0.2, -0.15) is 5.10 Å². The van der Waals surface area contributed by atoms with E-state index < -0.39 is 9.71 Å². The minimum atomic E-state index is -2.13. The van der Waals surface area contributed by atoms with Crippen molar-refractivity contribution < 1.29 is 4.21 Å². The van der Waals surface area contributed by atoms with Crippen molar-refractivity contribution in [3.8, 4) is 22.5 Å². The van der Waals surface area contributed by atoms with Crippen LogP contribution >= 0.6 is 0 Å². The molecule has 2 aliphatic rings. The third-order valence-corrected chi connectivity index (χ3v) is 10.3. The monoisotopic (exact) mass is 565 g/mol. The van der Waals surface area contributed by atoms with Crippen molar-refractivity contribution in [1.82, 2.24) is 28.8 Å². The van der Waals surface area contributed by atoms with Crippen molar-refractivity contribution in [1.29, 1.82) is 0 Å². The smallest absolute Gasteiger partial charge is 0.134 e. The van der Waals surface area contributed by atoms with Gasteiger partial charge in [0.25, 0.3) is 0 Å². The molecule has 3 aromatic heterocycles. The number of nitrogen functional groups attached to an aromatic ring is 1. The van der Waals surface area contributed by atoms with Gasteiger partial charge in [0.15, 0.2) is 0 Å². The SMILES string of the molecule is C=S(C)(=O)N1CCN(C2CC(c3nc(-c4ccc5ccc(-c6ccccc6)nc5c4C)c4c(N)ccnn34)C2)CC1. The molecule has 1 unspecified atom stereocenters. The standard InChI is InChI=1S/C32H35N7OS/c1-21-26(11-9-23-10-12-28(35-29(21)23)22-7-5-4-6-8-22)30-31-27(33)13-14-34-39(31)32(36-30)24-19-25(20-24)37-15-17-38(18-16-37)41(2,3)40/h4-14,24-25H,2,15-20,33H2,1,3H3. The number of nitrogens with zero attached hydrogens (tertiary/aromatic N) is 6. The maximum Gasteiger partial charge on any atom is 0.134 e. The summed E-state index contributed by atoms with van der Waals surface area (Å²) in [6.45, 7) is 5.57. The predicted molar refractivity (Wildman–Crippen MR) is 168 cm³/mol. The third-order valence-electron chi connectivity index (χ3n) is 8.84. The molecule has 0 spiro atoms. The summed E-state index contributed by atoms with van der Waals surface area (Å²) in [5.41, 5.74) is 14.1. The summed E-state index contributed by atoms with van der Waals surface area (Å²) < 4.78 is 16.3. The molecule has 1 saturated heterocycles. The maximum atomic E-state index is 12.4. The molecule has 1 aliphatic heterocycles. The summed E-state index contributed by atoms with van der Waals surface area (Å²) >= 11 is 0. The number of anilines is 1. The highest BCUT2D eigenvalue weighted by atomic mass is 32.2.